The number of benzene rings is 1. The van der Waals surface area contributed by atoms with Crippen molar-refractivity contribution in [2.24, 2.45) is 17.6 Å². The van der Waals surface area contributed by atoms with Gasteiger partial charge in [-0.05, 0) is 55.7 Å². The fourth-order valence-electron chi connectivity index (χ4n) is 3.80. The lowest BCUT2D eigenvalue weighted by atomic mass is 9.69. The molecule has 1 aliphatic rings. The predicted octanol–water partition coefficient (Wildman–Crippen LogP) is 4.26. The van der Waals surface area contributed by atoms with E-state index in [0.29, 0.717) is 11.8 Å². The molecule has 1 fully saturated rings. The summed E-state index contributed by atoms with van der Waals surface area (Å²) in [5, 5.41) is 0. The minimum absolute atomic E-state index is 0.570. The lowest BCUT2D eigenvalue weighted by Crippen LogP contribution is -2.29. The van der Waals surface area contributed by atoms with Gasteiger partial charge in [-0.2, -0.15) is 0 Å². The van der Waals surface area contributed by atoms with E-state index in [-0.39, 0.29) is 0 Å². The van der Waals surface area contributed by atoms with Crippen LogP contribution in [0.5, 0.6) is 5.75 Å². The van der Waals surface area contributed by atoms with Gasteiger partial charge < -0.3 is 10.5 Å². The second-order valence-electron chi connectivity index (χ2n) is 6.32. The molecule has 2 heteroatoms. The highest BCUT2D eigenvalue weighted by Gasteiger charge is 2.32. The highest BCUT2D eigenvalue weighted by Crippen LogP contribution is 2.44. The van der Waals surface area contributed by atoms with Crippen LogP contribution in [-0.4, -0.2) is 13.7 Å². The molecule has 2 nitrogen and oxygen atoms in total. The van der Waals surface area contributed by atoms with Crippen LogP contribution in [0.3, 0.4) is 0 Å². The third-order valence-electron chi connectivity index (χ3n) is 4.89. The Balaban J connectivity index is 2.28. The number of nitrogens with two attached hydrogens (primary N) is 1. The second-order valence-corrected chi connectivity index (χ2v) is 6.32. The summed E-state index contributed by atoms with van der Waals surface area (Å²) in [6.07, 6.45) is 6.52. The van der Waals surface area contributed by atoms with Crippen LogP contribution in [0.1, 0.15) is 56.1 Å². The zero-order chi connectivity index (χ0) is 14.5. The van der Waals surface area contributed by atoms with E-state index >= 15 is 0 Å². The quantitative estimate of drug-likeness (QED) is 0.871. The van der Waals surface area contributed by atoms with Gasteiger partial charge in [0.2, 0.25) is 0 Å². The van der Waals surface area contributed by atoms with E-state index in [1.54, 1.807) is 7.11 Å². The molecule has 1 aromatic rings. The van der Waals surface area contributed by atoms with E-state index in [4.69, 9.17) is 10.5 Å². The molecule has 0 aliphatic heterocycles. The van der Waals surface area contributed by atoms with Gasteiger partial charge in [0, 0.05) is 0 Å². The lowest BCUT2D eigenvalue weighted by Gasteiger charge is -2.36. The minimum atomic E-state index is 0.570. The van der Waals surface area contributed by atoms with Gasteiger partial charge in [-0.15, -0.1) is 0 Å². The molecule has 0 saturated heterocycles. The molecule has 1 aromatic carbocycles. The highest BCUT2D eigenvalue weighted by atomic mass is 16.5. The highest BCUT2D eigenvalue weighted by molar-refractivity contribution is 5.40. The largest absolute Gasteiger partial charge is 0.496 e. The van der Waals surface area contributed by atoms with Crippen molar-refractivity contribution < 1.29 is 4.74 Å². The summed E-state index contributed by atoms with van der Waals surface area (Å²) in [6.45, 7) is 5.24. The average molecular weight is 275 g/mol. The minimum Gasteiger partial charge on any atom is -0.496 e. The number of hydrogen-bond acceptors (Lipinski definition) is 2. The van der Waals surface area contributed by atoms with Crippen LogP contribution in [0, 0.1) is 18.8 Å². The first-order valence-corrected chi connectivity index (χ1v) is 8.04. The van der Waals surface area contributed by atoms with E-state index in [9.17, 15) is 0 Å². The topological polar surface area (TPSA) is 35.2 Å². The third-order valence-corrected chi connectivity index (χ3v) is 4.89. The summed E-state index contributed by atoms with van der Waals surface area (Å²) < 4.78 is 5.60. The van der Waals surface area contributed by atoms with Crippen LogP contribution in [-0.2, 0) is 0 Å². The van der Waals surface area contributed by atoms with Crippen molar-refractivity contribution in [3.8, 4) is 5.75 Å². The summed E-state index contributed by atoms with van der Waals surface area (Å²) in [4.78, 5) is 0. The van der Waals surface area contributed by atoms with Gasteiger partial charge in [0.15, 0.2) is 0 Å². The van der Waals surface area contributed by atoms with Crippen LogP contribution in [0.15, 0.2) is 18.2 Å². The van der Waals surface area contributed by atoms with Gasteiger partial charge in [-0.1, -0.05) is 43.9 Å². The molecule has 0 amide bonds. The molecule has 2 rings (SSSR count). The monoisotopic (exact) mass is 275 g/mol. The second kappa shape index (κ2) is 7.12. The van der Waals surface area contributed by atoms with Gasteiger partial charge >= 0.3 is 0 Å². The lowest BCUT2D eigenvalue weighted by molar-refractivity contribution is 0.226. The number of ether oxygens (including phenoxy) is 1. The van der Waals surface area contributed by atoms with Gasteiger partial charge in [-0.25, -0.2) is 0 Å². The maximum atomic E-state index is 6.04. The third kappa shape index (κ3) is 3.35. The molecular weight excluding hydrogens is 246 g/mol. The van der Waals surface area contributed by atoms with Crippen molar-refractivity contribution in [3.05, 3.63) is 29.3 Å². The Hall–Kier alpha value is -1.02. The zero-order valence-corrected chi connectivity index (χ0v) is 13.2. The molecular formula is C18H29NO. The standard InChI is InChI=1S/C18H29NO/c1-4-5-14-7-8-15(12-19)16(11-14)17-10-13(2)6-9-18(17)20-3/h6,9-10,14-16H,4-5,7-8,11-12,19H2,1-3H3. The maximum Gasteiger partial charge on any atom is 0.122 e. The first-order valence-electron chi connectivity index (χ1n) is 8.04. The van der Waals surface area contributed by atoms with Crippen molar-refractivity contribution in [1.29, 1.82) is 0 Å². The van der Waals surface area contributed by atoms with Crippen LogP contribution in [0.25, 0.3) is 0 Å². The normalized spacial score (nSPS) is 26.5. The molecule has 2 N–H and O–H groups in total. The molecule has 0 heterocycles. The summed E-state index contributed by atoms with van der Waals surface area (Å²) in [5.41, 5.74) is 8.73. The Morgan fingerprint density at radius 2 is 2.10 bits per heavy atom. The first-order chi connectivity index (χ1) is 9.69. The molecule has 1 aliphatic carbocycles. The maximum absolute atomic E-state index is 6.04. The SMILES string of the molecule is CCCC1CCC(CN)C(c2cc(C)ccc2OC)C1. The number of rotatable bonds is 5. The van der Waals surface area contributed by atoms with E-state index in [1.807, 2.05) is 0 Å². The molecule has 0 aromatic heterocycles. The van der Waals surface area contributed by atoms with Crippen LogP contribution < -0.4 is 10.5 Å². The van der Waals surface area contributed by atoms with Crippen LogP contribution in [0.2, 0.25) is 0 Å². The predicted molar refractivity (Wildman–Crippen MR) is 85.3 cm³/mol. The molecule has 0 bridgehead atoms. The van der Waals surface area contributed by atoms with Crippen molar-refractivity contribution >= 4 is 0 Å². The summed E-state index contributed by atoms with van der Waals surface area (Å²) in [6, 6.07) is 6.55. The summed E-state index contributed by atoms with van der Waals surface area (Å²) >= 11 is 0. The van der Waals surface area contributed by atoms with Gasteiger partial charge in [0.25, 0.3) is 0 Å². The Morgan fingerprint density at radius 1 is 1.30 bits per heavy atom. The molecule has 0 radical (unpaired) electrons. The van der Waals surface area contributed by atoms with Crippen LogP contribution >= 0.6 is 0 Å². The molecule has 3 unspecified atom stereocenters. The number of aryl methyl sites for hydroxylation is 1. The number of methoxy groups -OCH3 is 1. The smallest absolute Gasteiger partial charge is 0.122 e. The Kier molecular flexibility index (Phi) is 5.47. The van der Waals surface area contributed by atoms with Gasteiger partial charge in [0.1, 0.15) is 5.75 Å². The number of hydrogen-bond donors (Lipinski definition) is 1. The first kappa shape index (κ1) is 15.4. The molecule has 0 spiro atoms. The summed E-state index contributed by atoms with van der Waals surface area (Å²) in [7, 11) is 1.78. The van der Waals surface area contributed by atoms with E-state index in [0.717, 1.165) is 18.2 Å². The molecule has 20 heavy (non-hydrogen) atoms. The molecule has 112 valence electrons. The Labute approximate surface area is 123 Å². The van der Waals surface area contributed by atoms with Gasteiger partial charge in [0.05, 0.1) is 7.11 Å². The van der Waals surface area contributed by atoms with E-state index < -0.39 is 0 Å². The van der Waals surface area contributed by atoms with Crippen molar-refractivity contribution in [3.63, 3.8) is 0 Å². The van der Waals surface area contributed by atoms with Crippen LogP contribution in [0.4, 0.5) is 0 Å². The van der Waals surface area contributed by atoms with E-state index in [1.165, 1.54) is 43.2 Å². The molecule has 1 saturated carbocycles. The van der Waals surface area contributed by atoms with Crippen molar-refractivity contribution in [2.45, 2.75) is 51.9 Å². The fraction of sp³-hybridized carbons (Fsp3) is 0.667. The zero-order valence-electron chi connectivity index (χ0n) is 13.2. The van der Waals surface area contributed by atoms with Crippen molar-refractivity contribution in [2.75, 3.05) is 13.7 Å². The Morgan fingerprint density at radius 3 is 2.75 bits per heavy atom. The summed E-state index contributed by atoms with van der Waals surface area (Å²) in [5.74, 6) is 3.08. The van der Waals surface area contributed by atoms with Gasteiger partial charge in [-0.3, -0.25) is 0 Å². The fourth-order valence-corrected chi connectivity index (χ4v) is 3.80. The average Bonchev–Trinajstić information content (AvgIpc) is 2.47. The Bertz CT molecular complexity index is 429. The van der Waals surface area contributed by atoms with Crippen molar-refractivity contribution in [1.82, 2.24) is 0 Å². The molecule has 3 atom stereocenters. The van der Waals surface area contributed by atoms with E-state index in [2.05, 4.69) is 32.0 Å².